The van der Waals surface area contributed by atoms with Crippen molar-refractivity contribution in [3.8, 4) is 0 Å². The predicted molar refractivity (Wildman–Crippen MR) is 70.3 cm³/mol. The van der Waals surface area contributed by atoms with Gasteiger partial charge in [-0.05, 0) is 25.5 Å². The van der Waals surface area contributed by atoms with Crippen LogP contribution in [0.3, 0.4) is 0 Å². The molecule has 20 heavy (non-hydrogen) atoms. The number of halogens is 1. The summed E-state index contributed by atoms with van der Waals surface area (Å²) >= 11 is 0. The first-order valence-corrected chi connectivity index (χ1v) is 6.36. The number of esters is 2. The number of nitrogens with two attached hydrogens (primary N) is 1. The van der Waals surface area contributed by atoms with Gasteiger partial charge in [0.05, 0.1) is 13.2 Å². The Morgan fingerprint density at radius 2 is 1.75 bits per heavy atom. The van der Waals surface area contributed by atoms with E-state index in [4.69, 9.17) is 15.2 Å². The summed E-state index contributed by atoms with van der Waals surface area (Å²) in [6.45, 7) is 3.57. The van der Waals surface area contributed by atoms with Crippen molar-refractivity contribution in [2.75, 3.05) is 13.2 Å². The van der Waals surface area contributed by atoms with E-state index in [0.717, 1.165) is 0 Å². The Kier molecular flexibility index (Phi) is 6.11. The van der Waals surface area contributed by atoms with E-state index in [9.17, 15) is 14.0 Å². The number of benzene rings is 1. The van der Waals surface area contributed by atoms with Gasteiger partial charge in [0, 0.05) is 12.1 Å². The minimum absolute atomic E-state index is 0.0703. The molecule has 5 nitrogen and oxygen atoms in total. The molecule has 0 fully saturated rings. The third-order valence-electron chi connectivity index (χ3n) is 2.66. The van der Waals surface area contributed by atoms with Crippen molar-refractivity contribution in [3.63, 3.8) is 0 Å². The molecular formula is C14H18FNO4. The average Bonchev–Trinajstić information content (AvgIpc) is 2.41. The van der Waals surface area contributed by atoms with Crippen molar-refractivity contribution in [2.45, 2.75) is 26.3 Å². The van der Waals surface area contributed by atoms with Gasteiger partial charge in [0.15, 0.2) is 5.92 Å². The molecular weight excluding hydrogens is 265 g/mol. The third-order valence-corrected chi connectivity index (χ3v) is 2.66. The topological polar surface area (TPSA) is 78.6 Å². The highest BCUT2D eigenvalue weighted by atomic mass is 19.1. The van der Waals surface area contributed by atoms with Crippen molar-refractivity contribution in [1.29, 1.82) is 0 Å². The number of carbonyl (C=O) groups excluding carboxylic acids is 2. The number of carbonyl (C=O) groups is 2. The van der Waals surface area contributed by atoms with Crippen LogP contribution in [0.1, 0.15) is 30.9 Å². The lowest BCUT2D eigenvalue weighted by Crippen LogP contribution is -2.27. The smallest absolute Gasteiger partial charge is 0.324 e. The number of ether oxygens (including phenoxy) is 2. The molecule has 0 spiro atoms. The van der Waals surface area contributed by atoms with Crippen LogP contribution in [0.2, 0.25) is 0 Å². The van der Waals surface area contributed by atoms with E-state index in [1.54, 1.807) is 19.9 Å². The number of hydrogen-bond acceptors (Lipinski definition) is 5. The standard InChI is InChI=1S/C14H18FNO4/c1-3-19-13(17)12(14(18)20-4-2)10-6-5-9(8-16)7-11(10)15/h5-7,12H,3-4,8,16H2,1-2H3. The highest BCUT2D eigenvalue weighted by Crippen LogP contribution is 2.23. The lowest BCUT2D eigenvalue weighted by molar-refractivity contribution is -0.157. The fourth-order valence-corrected chi connectivity index (χ4v) is 1.73. The van der Waals surface area contributed by atoms with E-state index in [1.807, 2.05) is 0 Å². The summed E-state index contributed by atoms with van der Waals surface area (Å²) in [7, 11) is 0. The van der Waals surface area contributed by atoms with Gasteiger partial charge in [-0.1, -0.05) is 12.1 Å². The van der Waals surface area contributed by atoms with Gasteiger partial charge in [-0.2, -0.15) is 0 Å². The number of rotatable bonds is 6. The van der Waals surface area contributed by atoms with Crippen LogP contribution in [-0.2, 0) is 25.6 Å². The molecule has 0 amide bonds. The van der Waals surface area contributed by atoms with Gasteiger partial charge >= 0.3 is 11.9 Å². The Morgan fingerprint density at radius 1 is 1.20 bits per heavy atom. The Labute approximate surface area is 116 Å². The highest BCUT2D eigenvalue weighted by molar-refractivity contribution is 6.00. The Bertz CT molecular complexity index is 472. The molecule has 110 valence electrons. The molecule has 6 heteroatoms. The van der Waals surface area contributed by atoms with Crippen LogP contribution in [0.5, 0.6) is 0 Å². The zero-order valence-corrected chi connectivity index (χ0v) is 11.5. The summed E-state index contributed by atoms with van der Waals surface area (Å²) in [5, 5.41) is 0. The van der Waals surface area contributed by atoms with Gasteiger partial charge in [-0.25, -0.2) is 4.39 Å². The normalized spacial score (nSPS) is 10.4. The largest absolute Gasteiger partial charge is 0.465 e. The van der Waals surface area contributed by atoms with Crippen LogP contribution < -0.4 is 5.73 Å². The van der Waals surface area contributed by atoms with Gasteiger partial charge in [0.25, 0.3) is 0 Å². The van der Waals surface area contributed by atoms with Crippen LogP contribution >= 0.6 is 0 Å². The van der Waals surface area contributed by atoms with Crippen molar-refractivity contribution in [3.05, 3.63) is 35.1 Å². The van der Waals surface area contributed by atoms with Crippen LogP contribution in [0.25, 0.3) is 0 Å². The third kappa shape index (κ3) is 3.77. The monoisotopic (exact) mass is 283 g/mol. The second kappa shape index (κ2) is 7.59. The van der Waals surface area contributed by atoms with Gasteiger partial charge in [0.1, 0.15) is 5.82 Å². The molecule has 2 N–H and O–H groups in total. The minimum atomic E-state index is -1.42. The highest BCUT2D eigenvalue weighted by Gasteiger charge is 2.33. The summed E-state index contributed by atoms with van der Waals surface area (Å²) in [4.78, 5) is 23.7. The molecule has 0 atom stereocenters. The van der Waals surface area contributed by atoms with Gasteiger partial charge in [-0.3, -0.25) is 9.59 Å². The SMILES string of the molecule is CCOC(=O)C(C(=O)OCC)c1ccc(CN)cc1F. The minimum Gasteiger partial charge on any atom is -0.465 e. The molecule has 1 aromatic carbocycles. The van der Waals surface area contributed by atoms with E-state index in [2.05, 4.69) is 0 Å². The maximum absolute atomic E-state index is 14.0. The van der Waals surface area contributed by atoms with E-state index in [-0.39, 0.29) is 25.3 Å². The van der Waals surface area contributed by atoms with Gasteiger partial charge in [0.2, 0.25) is 0 Å². The molecule has 0 aliphatic carbocycles. The molecule has 1 aromatic rings. The maximum Gasteiger partial charge on any atom is 0.324 e. The molecule has 0 aliphatic heterocycles. The Balaban J connectivity index is 3.16. The first kappa shape index (κ1) is 16.1. The summed E-state index contributed by atoms with van der Waals surface area (Å²) < 4.78 is 23.6. The molecule has 0 aromatic heterocycles. The van der Waals surface area contributed by atoms with E-state index < -0.39 is 23.7 Å². The molecule has 0 aliphatic rings. The predicted octanol–water partition coefficient (Wildman–Crippen LogP) is 1.49. The second-order valence-corrected chi connectivity index (χ2v) is 4.00. The van der Waals surface area contributed by atoms with Crippen molar-refractivity contribution >= 4 is 11.9 Å². The summed E-state index contributed by atoms with van der Waals surface area (Å²) in [6, 6.07) is 4.11. The molecule has 1 rings (SSSR count). The van der Waals surface area contributed by atoms with E-state index in [1.165, 1.54) is 12.1 Å². The molecule has 0 saturated heterocycles. The maximum atomic E-state index is 14.0. The molecule has 0 heterocycles. The van der Waals surface area contributed by atoms with Gasteiger partial charge < -0.3 is 15.2 Å². The van der Waals surface area contributed by atoms with Crippen molar-refractivity contribution in [1.82, 2.24) is 0 Å². The lowest BCUT2D eigenvalue weighted by atomic mass is 9.97. The zero-order chi connectivity index (χ0) is 15.1. The fourth-order valence-electron chi connectivity index (χ4n) is 1.73. The summed E-state index contributed by atoms with van der Waals surface area (Å²) in [5.74, 6) is -3.75. The second-order valence-electron chi connectivity index (χ2n) is 4.00. The molecule has 0 unspecified atom stereocenters. The van der Waals surface area contributed by atoms with E-state index >= 15 is 0 Å². The first-order chi connectivity index (χ1) is 9.54. The van der Waals surface area contributed by atoms with Crippen LogP contribution in [0.4, 0.5) is 4.39 Å². The average molecular weight is 283 g/mol. The Morgan fingerprint density at radius 3 is 2.15 bits per heavy atom. The lowest BCUT2D eigenvalue weighted by Gasteiger charge is -2.15. The zero-order valence-electron chi connectivity index (χ0n) is 11.5. The fraction of sp³-hybridized carbons (Fsp3) is 0.429. The van der Waals surface area contributed by atoms with Crippen molar-refractivity contribution in [2.24, 2.45) is 5.73 Å². The molecule has 0 bridgehead atoms. The van der Waals surface area contributed by atoms with Crippen molar-refractivity contribution < 1.29 is 23.5 Å². The van der Waals surface area contributed by atoms with Gasteiger partial charge in [-0.15, -0.1) is 0 Å². The summed E-state index contributed by atoms with van der Waals surface area (Å²) in [5.41, 5.74) is 5.91. The molecule has 0 radical (unpaired) electrons. The molecule has 0 saturated carbocycles. The first-order valence-electron chi connectivity index (χ1n) is 6.36. The van der Waals surface area contributed by atoms with Crippen LogP contribution in [0, 0.1) is 5.82 Å². The number of hydrogen-bond donors (Lipinski definition) is 1. The van der Waals surface area contributed by atoms with E-state index in [0.29, 0.717) is 5.56 Å². The summed E-state index contributed by atoms with van der Waals surface area (Å²) in [6.07, 6.45) is 0. The quantitative estimate of drug-likeness (QED) is 0.632. The van der Waals surface area contributed by atoms with Crippen LogP contribution in [-0.4, -0.2) is 25.2 Å². The Hall–Kier alpha value is -1.95. The van der Waals surface area contributed by atoms with Crippen LogP contribution in [0.15, 0.2) is 18.2 Å².